The van der Waals surface area contributed by atoms with Crippen molar-refractivity contribution in [3.8, 4) is 0 Å². The maximum absolute atomic E-state index is 13.3. The molecule has 0 saturated carbocycles. The van der Waals surface area contributed by atoms with Crippen molar-refractivity contribution in [3.05, 3.63) is 70.1 Å². The minimum absolute atomic E-state index is 0.245. The van der Waals surface area contributed by atoms with Gasteiger partial charge in [0.15, 0.2) is 0 Å². The van der Waals surface area contributed by atoms with Crippen LogP contribution in [0.25, 0.3) is 10.9 Å². The predicted octanol–water partition coefficient (Wildman–Crippen LogP) is 4.05. The van der Waals surface area contributed by atoms with Gasteiger partial charge in [0, 0.05) is 24.3 Å². The number of hydrogen-bond acceptors (Lipinski definition) is 1. The maximum atomic E-state index is 13.3. The van der Waals surface area contributed by atoms with Crippen molar-refractivity contribution in [2.24, 2.45) is 5.73 Å². The molecular weight excluding hydrogens is 319 g/mol. The lowest BCUT2D eigenvalue weighted by Crippen LogP contribution is -2.08. The van der Waals surface area contributed by atoms with E-state index in [-0.39, 0.29) is 5.82 Å². The number of para-hydroxylation sites is 1. The number of nitrogens with zero attached hydrogens (tertiary/aromatic N) is 1. The molecule has 0 saturated heterocycles. The fraction of sp³-hybridized carbons (Fsp3) is 0.125. The summed E-state index contributed by atoms with van der Waals surface area (Å²) in [6.45, 7) is 1.16. The maximum Gasteiger partial charge on any atom is 0.137 e. The van der Waals surface area contributed by atoms with E-state index in [1.54, 1.807) is 6.07 Å². The van der Waals surface area contributed by atoms with E-state index < -0.39 is 0 Å². The minimum atomic E-state index is -0.245. The summed E-state index contributed by atoms with van der Waals surface area (Å²) < 4.78 is 16.0. The Balaban J connectivity index is 2.07. The van der Waals surface area contributed by atoms with Gasteiger partial charge in [-0.1, -0.05) is 24.3 Å². The molecule has 0 amide bonds. The van der Waals surface area contributed by atoms with E-state index in [4.69, 9.17) is 5.73 Å². The lowest BCUT2D eigenvalue weighted by Gasteiger charge is -2.10. The monoisotopic (exact) mass is 332 g/mol. The van der Waals surface area contributed by atoms with E-state index in [0.29, 0.717) is 17.6 Å². The van der Waals surface area contributed by atoms with Crippen LogP contribution in [-0.2, 0) is 13.1 Å². The van der Waals surface area contributed by atoms with Crippen LogP contribution in [0.4, 0.5) is 4.39 Å². The average molecular weight is 333 g/mol. The first-order valence-corrected chi connectivity index (χ1v) is 7.19. The van der Waals surface area contributed by atoms with E-state index in [2.05, 4.69) is 38.7 Å². The third-order valence-electron chi connectivity index (χ3n) is 3.43. The van der Waals surface area contributed by atoms with Crippen LogP contribution >= 0.6 is 15.9 Å². The summed E-state index contributed by atoms with van der Waals surface area (Å²) in [7, 11) is 0. The van der Waals surface area contributed by atoms with Crippen LogP contribution < -0.4 is 5.73 Å². The number of rotatable bonds is 3. The van der Waals surface area contributed by atoms with E-state index in [1.807, 2.05) is 18.2 Å². The zero-order valence-corrected chi connectivity index (χ0v) is 12.4. The van der Waals surface area contributed by atoms with Crippen molar-refractivity contribution in [2.75, 3.05) is 0 Å². The normalized spacial score (nSPS) is 11.2. The molecule has 0 bridgehead atoms. The zero-order valence-electron chi connectivity index (χ0n) is 10.8. The Morgan fingerprint density at radius 3 is 2.65 bits per heavy atom. The van der Waals surface area contributed by atoms with Gasteiger partial charge < -0.3 is 10.3 Å². The molecule has 1 heterocycles. The van der Waals surface area contributed by atoms with Crippen LogP contribution in [0.3, 0.4) is 0 Å². The lowest BCUT2D eigenvalue weighted by molar-refractivity contribution is 0.619. The van der Waals surface area contributed by atoms with Crippen LogP contribution in [0.15, 0.2) is 53.0 Å². The average Bonchev–Trinajstić information content (AvgIpc) is 2.81. The molecule has 0 aliphatic rings. The number of halogens is 2. The summed E-state index contributed by atoms with van der Waals surface area (Å²) in [6.07, 6.45) is 0. The standard InChI is InChI=1S/C16H14BrFN2/c17-14-7-11(5-6-15(14)18)10-20-13(9-19)8-12-3-1-2-4-16(12)20/h1-8H,9-10,19H2. The number of aromatic nitrogens is 1. The van der Waals surface area contributed by atoms with Gasteiger partial charge in [-0.2, -0.15) is 0 Å². The molecule has 0 atom stereocenters. The Kier molecular flexibility index (Phi) is 3.59. The molecular formula is C16H14BrFN2. The molecule has 0 radical (unpaired) electrons. The van der Waals surface area contributed by atoms with E-state index in [1.165, 1.54) is 11.5 Å². The number of nitrogens with two attached hydrogens (primary N) is 1. The first-order valence-electron chi connectivity index (χ1n) is 6.40. The fourth-order valence-electron chi connectivity index (χ4n) is 2.44. The first kappa shape index (κ1) is 13.3. The Labute approximate surface area is 125 Å². The highest BCUT2D eigenvalue weighted by atomic mass is 79.9. The molecule has 3 aromatic rings. The molecule has 2 nitrogen and oxygen atoms in total. The van der Waals surface area contributed by atoms with Crippen LogP contribution in [0.5, 0.6) is 0 Å². The quantitative estimate of drug-likeness (QED) is 0.770. The van der Waals surface area contributed by atoms with Gasteiger partial charge in [0.05, 0.1) is 4.47 Å². The molecule has 3 rings (SSSR count). The number of benzene rings is 2. The molecule has 0 spiro atoms. The second-order valence-corrected chi connectivity index (χ2v) is 5.59. The fourth-order valence-corrected chi connectivity index (χ4v) is 2.87. The second-order valence-electron chi connectivity index (χ2n) is 4.73. The third-order valence-corrected chi connectivity index (χ3v) is 4.04. The summed E-state index contributed by atoms with van der Waals surface area (Å²) in [5.41, 5.74) is 9.09. The van der Waals surface area contributed by atoms with Gasteiger partial charge >= 0.3 is 0 Å². The molecule has 1 aromatic heterocycles. The summed E-state index contributed by atoms with van der Waals surface area (Å²) in [5.74, 6) is -0.245. The molecule has 4 heteroatoms. The van der Waals surface area contributed by atoms with E-state index in [0.717, 1.165) is 16.8 Å². The van der Waals surface area contributed by atoms with Crippen LogP contribution in [0.1, 0.15) is 11.3 Å². The van der Waals surface area contributed by atoms with E-state index >= 15 is 0 Å². The lowest BCUT2D eigenvalue weighted by atomic mass is 10.2. The highest BCUT2D eigenvalue weighted by molar-refractivity contribution is 9.10. The molecule has 0 aliphatic carbocycles. The van der Waals surface area contributed by atoms with Crippen LogP contribution in [0, 0.1) is 5.82 Å². The summed E-state index contributed by atoms with van der Waals surface area (Å²) in [5, 5.41) is 1.18. The summed E-state index contributed by atoms with van der Waals surface area (Å²) in [4.78, 5) is 0. The van der Waals surface area contributed by atoms with Crippen molar-refractivity contribution in [3.63, 3.8) is 0 Å². The molecule has 102 valence electrons. The smallest absolute Gasteiger partial charge is 0.137 e. The van der Waals surface area contributed by atoms with Gasteiger partial charge in [0.25, 0.3) is 0 Å². The van der Waals surface area contributed by atoms with Crippen molar-refractivity contribution in [1.29, 1.82) is 0 Å². The highest BCUT2D eigenvalue weighted by Gasteiger charge is 2.08. The van der Waals surface area contributed by atoms with Crippen molar-refractivity contribution < 1.29 is 4.39 Å². The SMILES string of the molecule is NCc1cc2ccccc2n1Cc1ccc(F)c(Br)c1. The van der Waals surface area contributed by atoms with Crippen molar-refractivity contribution in [1.82, 2.24) is 4.57 Å². The van der Waals surface area contributed by atoms with Gasteiger partial charge in [0.1, 0.15) is 5.82 Å². The summed E-state index contributed by atoms with van der Waals surface area (Å²) >= 11 is 3.23. The summed E-state index contributed by atoms with van der Waals surface area (Å²) in [6, 6.07) is 15.4. The molecule has 0 fully saturated rings. The second kappa shape index (κ2) is 5.38. The van der Waals surface area contributed by atoms with Gasteiger partial charge in [-0.05, 0) is 51.1 Å². The Hall–Kier alpha value is -1.65. The Morgan fingerprint density at radius 2 is 1.90 bits per heavy atom. The molecule has 2 N–H and O–H groups in total. The Bertz CT molecular complexity index is 764. The van der Waals surface area contributed by atoms with Crippen molar-refractivity contribution in [2.45, 2.75) is 13.1 Å². The van der Waals surface area contributed by atoms with Gasteiger partial charge in [-0.3, -0.25) is 0 Å². The molecule has 0 unspecified atom stereocenters. The topological polar surface area (TPSA) is 30.9 Å². The minimum Gasteiger partial charge on any atom is -0.339 e. The van der Waals surface area contributed by atoms with Crippen molar-refractivity contribution >= 4 is 26.8 Å². The van der Waals surface area contributed by atoms with Gasteiger partial charge in [-0.25, -0.2) is 4.39 Å². The number of hydrogen-bond donors (Lipinski definition) is 1. The van der Waals surface area contributed by atoms with Gasteiger partial charge in [-0.15, -0.1) is 0 Å². The largest absolute Gasteiger partial charge is 0.339 e. The van der Waals surface area contributed by atoms with Gasteiger partial charge in [0.2, 0.25) is 0 Å². The van der Waals surface area contributed by atoms with Crippen LogP contribution in [0.2, 0.25) is 0 Å². The molecule has 0 aliphatic heterocycles. The zero-order chi connectivity index (χ0) is 14.1. The Morgan fingerprint density at radius 1 is 1.10 bits per heavy atom. The molecule has 2 aromatic carbocycles. The first-order chi connectivity index (χ1) is 9.69. The predicted molar refractivity (Wildman–Crippen MR) is 83.0 cm³/mol. The number of fused-ring (bicyclic) bond motifs is 1. The molecule has 20 heavy (non-hydrogen) atoms. The van der Waals surface area contributed by atoms with E-state index in [9.17, 15) is 4.39 Å². The third kappa shape index (κ3) is 2.37. The van der Waals surface area contributed by atoms with Crippen LogP contribution in [-0.4, -0.2) is 4.57 Å². The highest BCUT2D eigenvalue weighted by Crippen LogP contribution is 2.23.